The first-order valence-electron chi connectivity index (χ1n) is 8.23. The maximum absolute atomic E-state index is 12.5. The predicted octanol–water partition coefficient (Wildman–Crippen LogP) is 4.49. The second-order valence-corrected chi connectivity index (χ2v) is 7.58. The van der Waals surface area contributed by atoms with Crippen molar-refractivity contribution in [3.8, 4) is 0 Å². The van der Waals surface area contributed by atoms with E-state index in [4.69, 9.17) is 11.6 Å². The number of rotatable bonds is 3. The summed E-state index contributed by atoms with van der Waals surface area (Å²) in [5.74, 6) is 0.276. The molecule has 0 saturated carbocycles. The van der Waals surface area contributed by atoms with Gasteiger partial charge in [0.2, 0.25) is 0 Å². The molecule has 0 bridgehead atoms. The molecule has 136 valence electrons. The van der Waals surface area contributed by atoms with Crippen LogP contribution in [0.15, 0.2) is 36.5 Å². The fourth-order valence-electron chi connectivity index (χ4n) is 3.02. The highest BCUT2D eigenvalue weighted by Gasteiger charge is 2.19. The number of nitrogens with zero attached hydrogens (tertiary/aromatic N) is 2. The minimum absolute atomic E-state index is 0. The summed E-state index contributed by atoms with van der Waals surface area (Å²) in [5, 5.41) is 8.38. The molecule has 0 aliphatic carbocycles. The Labute approximate surface area is 166 Å². The number of carbonyl (C=O) groups is 1. The van der Waals surface area contributed by atoms with E-state index in [0.29, 0.717) is 27.3 Å². The molecule has 1 aliphatic heterocycles. The van der Waals surface area contributed by atoms with E-state index < -0.39 is 0 Å². The lowest BCUT2D eigenvalue weighted by atomic mass is 9.97. The van der Waals surface area contributed by atoms with Crippen molar-refractivity contribution in [2.75, 3.05) is 18.4 Å². The van der Waals surface area contributed by atoms with Crippen LogP contribution in [0.25, 0.3) is 10.9 Å². The van der Waals surface area contributed by atoms with E-state index in [1.54, 1.807) is 23.5 Å². The van der Waals surface area contributed by atoms with Gasteiger partial charge in [-0.25, -0.2) is 9.97 Å². The highest BCUT2D eigenvalue weighted by molar-refractivity contribution is 7.15. The van der Waals surface area contributed by atoms with Crippen molar-refractivity contribution >= 4 is 57.3 Å². The van der Waals surface area contributed by atoms with Crippen LogP contribution in [0.2, 0.25) is 5.02 Å². The summed E-state index contributed by atoms with van der Waals surface area (Å²) in [6.45, 7) is 2.07. The summed E-state index contributed by atoms with van der Waals surface area (Å²) in [4.78, 5) is 22.5. The van der Waals surface area contributed by atoms with Crippen LogP contribution < -0.4 is 10.6 Å². The Morgan fingerprint density at radius 3 is 2.81 bits per heavy atom. The first-order valence-corrected chi connectivity index (χ1v) is 9.42. The van der Waals surface area contributed by atoms with Gasteiger partial charge < -0.3 is 5.32 Å². The third kappa shape index (κ3) is 4.15. The largest absolute Gasteiger partial charge is 0.317 e. The van der Waals surface area contributed by atoms with Gasteiger partial charge in [-0.05, 0) is 50.0 Å². The summed E-state index contributed by atoms with van der Waals surface area (Å²) in [6, 6.07) is 9.04. The predicted molar refractivity (Wildman–Crippen MR) is 109 cm³/mol. The molecule has 26 heavy (non-hydrogen) atoms. The van der Waals surface area contributed by atoms with E-state index in [0.717, 1.165) is 31.3 Å². The molecule has 1 aromatic carbocycles. The Kier molecular flexibility index (Phi) is 6.09. The minimum Gasteiger partial charge on any atom is -0.317 e. The zero-order valence-electron chi connectivity index (χ0n) is 13.9. The number of hydrogen-bond acceptors (Lipinski definition) is 5. The summed E-state index contributed by atoms with van der Waals surface area (Å²) in [6.07, 6.45) is 4.11. The van der Waals surface area contributed by atoms with Crippen LogP contribution in [0, 0.1) is 0 Å². The lowest BCUT2D eigenvalue weighted by Crippen LogP contribution is -2.26. The van der Waals surface area contributed by atoms with Crippen molar-refractivity contribution in [1.82, 2.24) is 15.3 Å². The van der Waals surface area contributed by atoms with Gasteiger partial charge >= 0.3 is 0 Å². The van der Waals surface area contributed by atoms with Gasteiger partial charge in [-0.1, -0.05) is 23.7 Å². The first-order chi connectivity index (χ1) is 12.2. The number of pyridine rings is 1. The number of nitrogens with one attached hydrogen (secondary N) is 2. The van der Waals surface area contributed by atoms with Gasteiger partial charge in [-0.15, -0.1) is 23.7 Å². The van der Waals surface area contributed by atoms with Gasteiger partial charge in [0, 0.05) is 21.5 Å². The van der Waals surface area contributed by atoms with E-state index in [2.05, 4.69) is 20.6 Å². The number of piperidine rings is 1. The number of halogens is 2. The normalized spacial score (nSPS) is 14.8. The number of benzene rings is 1. The molecule has 5 nitrogen and oxygen atoms in total. The van der Waals surface area contributed by atoms with Gasteiger partial charge in [0.1, 0.15) is 5.69 Å². The Bertz CT molecular complexity index is 924. The Morgan fingerprint density at radius 2 is 2.00 bits per heavy atom. The number of anilines is 1. The van der Waals surface area contributed by atoms with E-state index in [-0.39, 0.29) is 18.3 Å². The lowest BCUT2D eigenvalue weighted by molar-refractivity contribution is 0.102. The van der Waals surface area contributed by atoms with Crippen molar-refractivity contribution in [3.05, 3.63) is 52.1 Å². The molecule has 0 unspecified atom stereocenters. The Morgan fingerprint density at radius 1 is 1.23 bits per heavy atom. The zero-order valence-corrected chi connectivity index (χ0v) is 16.3. The SMILES string of the molecule is Cl.O=C(Nc1ncc(C2CCNCC2)s1)c1ccc2ccc(Cl)cc2n1. The van der Waals surface area contributed by atoms with E-state index in [1.807, 2.05) is 24.4 Å². The number of fused-ring (bicyclic) bond motifs is 1. The highest BCUT2D eigenvalue weighted by atomic mass is 35.5. The van der Waals surface area contributed by atoms with Crippen LogP contribution in [0.3, 0.4) is 0 Å². The Balaban J connectivity index is 0.00000196. The van der Waals surface area contributed by atoms with Gasteiger partial charge in [0.15, 0.2) is 5.13 Å². The summed E-state index contributed by atoms with van der Waals surface area (Å²) in [5.41, 5.74) is 1.06. The molecular formula is C18H18Cl2N4OS. The first kappa shape index (κ1) is 19.0. The van der Waals surface area contributed by atoms with Crippen molar-refractivity contribution in [2.45, 2.75) is 18.8 Å². The molecule has 0 radical (unpaired) electrons. The number of hydrogen-bond donors (Lipinski definition) is 2. The maximum Gasteiger partial charge on any atom is 0.276 e. The van der Waals surface area contributed by atoms with E-state index >= 15 is 0 Å². The highest BCUT2D eigenvalue weighted by Crippen LogP contribution is 2.31. The van der Waals surface area contributed by atoms with Crippen LogP contribution in [-0.2, 0) is 0 Å². The lowest BCUT2D eigenvalue weighted by Gasteiger charge is -2.20. The van der Waals surface area contributed by atoms with Gasteiger partial charge in [0.25, 0.3) is 5.91 Å². The third-order valence-electron chi connectivity index (χ3n) is 4.37. The maximum atomic E-state index is 12.5. The molecule has 3 heterocycles. The zero-order chi connectivity index (χ0) is 17.2. The molecule has 0 spiro atoms. The average molecular weight is 409 g/mol. The monoisotopic (exact) mass is 408 g/mol. The summed E-state index contributed by atoms with van der Waals surface area (Å²) >= 11 is 7.55. The molecule has 4 rings (SSSR count). The summed E-state index contributed by atoms with van der Waals surface area (Å²) in [7, 11) is 0. The van der Waals surface area contributed by atoms with Crippen molar-refractivity contribution < 1.29 is 4.79 Å². The number of thiazole rings is 1. The second-order valence-electron chi connectivity index (χ2n) is 6.08. The van der Waals surface area contributed by atoms with Crippen molar-refractivity contribution in [2.24, 2.45) is 0 Å². The topological polar surface area (TPSA) is 66.9 Å². The van der Waals surface area contributed by atoms with E-state index in [9.17, 15) is 4.79 Å². The quantitative estimate of drug-likeness (QED) is 0.669. The molecule has 2 aromatic heterocycles. The van der Waals surface area contributed by atoms with Crippen molar-refractivity contribution in [3.63, 3.8) is 0 Å². The second kappa shape index (κ2) is 8.31. The molecule has 1 amide bonds. The number of aromatic nitrogens is 2. The molecule has 1 fully saturated rings. The third-order valence-corrected chi connectivity index (χ3v) is 5.68. The smallest absolute Gasteiger partial charge is 0.276 e. The number of carbonyl (C=O) groups excluding carboxylic acids is 1. The van der Waals surface area contributed by atoms with Gasteiger partial charge in [-0.3, -0.25) is 10.1 Å². The molecule has 1 aliphatic rings. The van der Waals surface area contributed by atoms with Crippen molar-refractivity contribution in [1.29, 1.82) is 0 Å². The van der Waals surface area contributed by atoms with Crippen LogP contribution in [0.1, 0.15) is 34.1 Å². The van der Waals surface area contributed by atoms with Gasteiger partial charge in [0.05, 0.1) is 5.52 Å². The molecule has 2 N–H and O–H groups in total. The summed E-state index contributed by atoms with van der Waals surface area (Å²) < 4.78 is 0. The fourth-order valence-corrected chi connectivity index (χ4v) is 4.16. The number of amides is 1. The van der Waals surface area contributed by atoms with Gasteiger partial charge in [-0.2, -0.15) is 0 Å². The molecule has 3 aromatic rings. The minimum atomic E-state index is -0.256. The van der Waals surface area contributed by atoms with Crippen LogP contribution in [0.4, 0.5) is 5.13 Å². The molecule has 0 atom stereocenters. The molecular weight excluding hydrogens is 391 g/mol. The van der Waals surface area contributed by atoms with Crippen LogP contribution in [0.5, 0.6) is 0 Å². The molecule has 1 saturated heterocycles. The van der Waals surface area contributed by atoms with E-state index in [1.165, 1.54) is 4.88 Å². The Hall–Kier alpha value is -1.73. The van der Waals surface area contributed by atoms with Crippen LogP contribution >= 0.6 is 35.3 Å². The van der Waals surface area contributed by atoms with Crippen LogP contribution in [-0.4, -0.2) is 29.0 Å². The standard InChI is InChI=1S/C18H17ClN4OS.ClH/c19-13-3-1-11-2-4-14(22-15(11)9-13)17(24)23-18-21-10-16(25-18)12-5-7-20-8-6-12;/h1-4,9-10,12,20H,5-8H2,(H,21,23,24);1H. The fraction of sp³-hybridized carbons (Fsp3) is 0.278. The average Bonchev–Trinajstić information content (AvgIpc) is 3.10. The molecule has 8 heteroatoms.